The molecule has 1 unspecified atom stereocenters. The molecule has 0 aliphatic carbocycles. The molecule has 2 N–H and O–H groups in total. The second kappa shape index (κ2) is 8.20. The number of likely N-dealkylation sites (N-methyl/N-ethyl adjacent to an activating group) is 2. The van der Waals surface area contributed by atoms with Crippen LogP contribution < -0.4 is 10.2 Å². The third-order valence-electron chi connectivity index (χ3n) is 3.25. The van der Waals surface area contributed by atoms with Gasteiger partial charge in [0.25, 0.3) is 0 Å². The van der Waals surface area contributed by atoms with Crippen LogP contribution in [0.2, 0.25) is 0 Å². The minimum absolute atomic E-state index is 0.0335. The van der Waals surface area contributed by atoms with Gasteiger partial charge in [-0.05, 0) is 38.2 Å². The Bertz CT molecular complexity index is 356. The minimum atomic E-state index is 0.0335. The first-order chi connectivity index (χ1) is 9.08. The van der Waals surface area contributed by atoms with Crippen LogP contribution in [-0.4, -0.2) is 65.1 Å². The third-order valence-corrected chi connectivity index (χ3v) is 3.25. The number of anilines is 1. The number of aliphatic hydroxyl groups excluding tert-OH is 1. The van der Waals surface area contributed by atoms with Crippen LogP contribution in [0, 0.1) is 0 Å². The van der Waals surface area contributed by atoms with Crippen LogP contribution in [0.5, 0.6) is 0 Å². The molecule has 0 fully saturated rings. The SMILES string of the molecule is BCNC(CO)c1ccc(N(C)CCN(C)C)cc1. The highest BCUT2D eigenvalue weighted by Gasteiger charge is 2.09. The van der Waals surface area contributed by atoms with E-state index in [-0.39, 0.29) is 12.6 Å². The summed E-state index contributed by atoms with van der Waals surface area (Å²) in [6.45, 7) is 2.17. The second-order valence-corrected chi connectivity index (χ2v) is 5.11. The summed E-state index contributed by atoms with van der Waals surface area (Å²) in [6.07, 6.45) is 0.857. The molecule has 106 valence electrons. The Hall–Kier alpha value is -1.04. The number of benzene rings is 1. The monoisotopic (exact) mass is 263 g/mol. The second-order valence-electron chi connectivity index (χ2n) is 5.11. The molecule has 0 amide bonds. The summed E-state index contributed by atoms with van der Waals surface area (Å²) < 4.78 is 0. The molecule has 1 atom stereocenters. The number of nitrogens with zero attached hydrogens (tertiary/aromatic N) is 2. The molecule has 1 aromatic carbocycles. The number of aliphatic hydroxyl groups is 1. The van der Waals surface area contributed by atoms with Crippen LogP contribution in [0.4, 0.5) is 5.69 Å². The van der Waals surface area contributed by atoms with Gasteiger partial charge in [-0.2, -0.15) is 0 Å². The summed E-state index contributed by atoms with van der Waals surface area (Å²) in [7, 11) is 8.32. The van der Waals surface area contributed by atoms with Crippen LogP contribution in [0.3, 0.4) is 0 Å². The van der Waals surface area contributed by atoms with E-state index >= 15 is 0 Å². The Morgan fingerprint density at radius 1 is 1.16 bits per heavy atom. The maximum absolute atomic E-state index is 9.36. The zero-order valence-corrected chi connectivity index (χ0v) is 12.6. The van der Waals surface area contributed by atoms with E-state index in [9.17, 15) is 5.11 Å². The van der Waals surface area contributed by atoms with E-state index < -0.39 is 0 Å². The van der Waals surface area contributed by atoms with E-state index in [2.05, 4.69) is 60.5 Å². The van der Waals surface area contributed by atoms with E-state index in [1.165, 1.54) is 5.69 Å². The molecule has 19 heavy (non-hydrogen) atoms. The van der Waals surface area contributed by atoms with E-state index in [0.29, 0.717) is 0 Å². The standard InChI is InChI=1S/C14H26BN3O/c1-17(2)8-9-18(3)13-6-4-12(5-7-13)14(10-19)16-11-15/h4-7,14,16,19H,8-11,15H2,1-3H3. The number of rotatable bonds is 8. The predicted octanol–water partition coefficient (Wildman–Crippen LogP) is -0.102. The summed E-state index contributed by atoms with van der Waals surface area (Å²) in [5, 5.41) is 12.6. The highest BCUT2D eigenvalue weighted by Crippen LogP contribution is 2.18. The molecule has 5 heteroatoms. The van der Waals surface area contributed by atoms with Crippen LogP contribution in [0.1, 0.15) is 11.6 Å². The molecule has 4 nitrogen and oxygen atoms in total. The van der Waals surface area contributed by atoms with E-state index in [1.54, 1.807) is 0 Å². The maximum atomic E-state index is 9.36. The third kappa shape index (κ3) is 5.23. The van der Waals surface area contributed by atoms with Gasteiger partial charge in [-0.15, -0.1) is 0 Å². The van der Waals surface area contributed by atoms with E-state index in [4.69, 9.17) is 0 Å². The minimum Gasteiger partial charge on any atom is -0.394 e. The molecule has 0 aliphatic rings. The van der Waals surface area contributed by atoms with Gasteiger partial charge in [-0.3, -0.25) is 0 Å². The van der Waals surface area contributed by atoms with Crippen molar-refractivity contribution in [3.8, 4) is 0 Å². The summed E-state index contributed by atoms with van der Waals surface area (Å²) in [4.78, 5) is 4.42. The average Bonchev–Trinajstić information content (AvgIpc) is 2.42. The molecule has 1 rings (SSSR count). The van der Waals surface area contributed by atoms with Crippen molar-refractivity contribution in [3.63, 3.8) is 0 Å². The van der Waals surface area contributed by atoms with Crippen molar-refractivity contribution < 1.29 is 5.11 Å². The predicted molar refractivity (Wildman–Crippen MR) is 84.6 cm³/mol. The number of hydrogen-bond donors (Lipinski definition) is 2. The average molecular weight is 263 g/mol. The molecule has 0 radical (unpaired) electrons. The molecule has 0 bridgehead atoms. The summed E-state index contributed by atoms with van der Waals surface area (Å²) in [5.41, 5.74) is 2.34. The Kier molecular flexibility index (Phi) is 6.91. The van der Waals surface area contributed by atoms with Crippen molar-refractivity contribution in [2.24, 2.45) is 0 Å². The Balaban J connectivity index is 2.64. The lowest BCUT2D eigenvalue weighted by atomic mass is 10.0. The van der Waals surface area contributed by atoms with Gasteiger partial charge >= 0.3 is 0 Å². The molecule has 0 spiro atoms. The summed E-state index contributed by atoms with van der Waals surface area (Å²) in [5.74, 6) is 0. The summed E-state index contributed by atoms with van der Waals surface area (Å²) >= 11 is 0. The van der Waals surface area contributed by atoms with Gasteiger partial charge in [0.15, 0.2) is 0 Å². The number of hydrogen-bond acceptors (Lipinski definition) is 4. The van der Waals surface area contributed by atoms with Gasteiger partial charge in [0.1, 0.15) is 7.85 Å². The Morgan fingerprint density at radius 2 is 1.79 bits per heavy atom. The molecule has 0 saturated heterocycles. The van der Waals surface area contributed by atoms with Crippen LogP contribution in [0.25, 0.3) is 0 Å². The van der Waals surface area contributed by atoms with E-state index in [0.717, 1.165) is 25.1 Å². The fourth-order valence-corrected chi connectivity index (χ4v) is 1.97. The number of nitrogens with one attached hydrogen (secondary N) is 1. The largest absolute Gasteiger partial charge is 0.394 e. The van der Waals surface area contributed by atoms with Gasteiger partial charge < -0.3 is 20.2 Å². The molecular weight excluding hydrogens is 237 g/mol. The van der Waals surface area contributed by atoms with Crippen molar-refractivity contribution in [1.29, 1.82) is 0 Å². The molecule has 0 aromatic heterocycles. The van der Waals surface area contributed by atoms with Gasteiger partial charge in [0, 0.05) is 25.8 Å². The van der Waals surface area contributed by atoms with Crippen molar-refractivity contribution >= 4 is 13.5 Å². The van der Waals surface area contributed by atoms with E-state index in [1.807, 2.05) is 7.85 Å². The highest BCUT2D eigenvalue weighted by atomic mass is 16.3. The fraction of sp³-hybridized carbons (Fsp3) is 0.571. The first kappa shape index (κ1) is 16.0. The molecule has 1 aromatic rings. The summed E-state index contributed by atoms with van der Waals surface area (Å²) in [6, 6.07) is 8.44. The lowest BCUT2D eigenvalue weighted by Crippen LogP contribution is -2.28. The highest BCUT2D eigenvalue weighted by molar-refractivity contribution is 6.08. The zero-order valence-electron chi connectivity index (χ0n) is 12.6. The molecular formula is C14H26BN3O. The van der Waals surface area contributed by atoms with Gasteiger partial charge in [-0.25, -0.2) is 0 Å². The normalized spacial score (nSPS) is 12.7. The maximum Gasteiger partial charge on any atom is 0.119 e. The molecule has 0 heterocycles. The van der Waals surface area contributed by atoms with Crippen molar-refractivity contribution in [2.45, 2.75) is 6.04 Å². The van der Waals surface area contributed by atoms with Crippen LogP contribution in [0.15, 0.2) is 24.3 Å². The van der Waals surface area contributed by atoms with Crippen LogP contribution in [-0.2, 0) is 0 Å². The molecule has 0 saturated carbocycles. The fourth-order valence-electron chi connectivity index (χ4n) is 1.97. The first-order valence-corrected chi connectivity index (χ1v) is 6.88. The van der Waals surface area contributed by atoms with Crippen molar-refractivity contribution in [3.05, 3.63) is 29.8 Å². The first-order valence-electron chi connectivity index (χ1n) is 6.88. The van der Waals surface area contributed by atoms with Gasteiger partial charge in [-0.1, -0.05) is 12.1 Å². The quantitative estimate of drug-likeness (QED) is 0.642. The molecule has 0 aliphatic heterocycles. The van der Waals surface area contributed by atoms with Crippen molar-refractivity contribution in [2.75, 3.05) is 52.2 Å². The zero-order chi connectivity index (χ0) is 14.3. The van der Waals surface area contributed by atoms with Crippen molar-refractivity contribution in [1.82, 2.24) is 10.2 Å². The lowest BCUT2D eigenvalue weighted by molar-refractivity contribution is 0.249. The smallest absolute Gasteiger partial charge is 0.119 e. The Morgan fingerprint density at radius 3 is 2.26 bits per heavy atom. The van der Waals surface area contributed by atoms with Gasteiger partial charge in [0.2, 0.25) is 0 Å². The lowest BCUT2D eigenvalue weighted by Gasteiger charge is -2.22. The Labute approximate surface area is 117 Å². The van der Waals surface area contributed by atoms with Crippen LogP contribution >= 0.6 is 0 Å². The van der Waals surface area contributed by atoms with Gasteiger partial charge in [0.05, 0.1) is 12.6 Å². The topological polar surface area (TPSA) is 38.7 Å².